The van der Waals surface area contributed by atoms with Gasteiger partial charge in [0.2, 0.25) is 0 Å². The zero-order valence-electron chi connectivity index (χ0n) is 15.3. The number of rotatable bonds is 9. The molecule has 0 fully saturated rings. The topological polar surface area (TPSA) is 75.3 Å². The Bertz CT molecular complexity index is 1050. The molecular formula is C20H19FN2O3S3. The van der Waals surface area contributed by atoms with E-state index in [2.05, 4.69) is 21.5 Å². The molecule has 9 heteroatoms. The average molecular weight is 451 g/mol. The first kappa shape index (κ1) is 21.4. The lowest BCUT2D eigenvalue weighted by Crippen LogP contribution is -2.27. The smallest absolute Gasteiger partial charge is 0.261 e. The lowest BCUT2D eigenvalue weighted by atomic mass is 10.2. The molecule has 0 saturated heterocycles. The highest BCUT2D eigenvalue weighted by atomic mass is 32.2. The molecule has 2 N–H and O–H groups in total. The van der Waals surface area contributed by atoms with E-state index in [1.165, 1.54) is 23.8 Å². The van der Waals surface area contributed by atoms with Crippen LogP contribution >= 0.6 is 23.1 Å². The molecule has 0 spiro atoms. The van der Waals surface area contributed by atoms with Gasteiger partial charge in [-0.05, 0) is 58.8 Å². The van der Waals surface area contributed by atoms with E-state index in [4.69, 9.17) is 0 Å². The van der Waals surface area contributed by atoms with Crippen molar-refractivity contribution < 1.29 is 17.6 Å². The number of anilines is 1. The van der Waals surface area contributed by atoms with Crippen LogP contribution in [0.1, 0.15) is 15.9 Å². The highest BCUT2D eigenvalue weighted by Gasteiger charge is 2.18. The third kappa shape index (κ3) is 6.06. The van der Waals surface area contributed by atoms with Gasteiger partial charge in [0.25, 0.3) is 15.9 Å². The van der Waals surface area contributed by atoms with Gasteiger partial charge >= 0.3 is 0 Å². The molecule has 0 aliphatic rings. The lowest BCUT2D eigenvalue weighted by Gasteiger charge is -2.13. The van der Waals surface area contributed by atoms with Gasteiger partial charge < -0.3 is 5.32 Å². The molecule has 1 amide bonds. The summed E-state index contributed by atoms with van der Waals surface area (Å²) in [7, 11) is -3.94. The predicted molar refractivity (Wildman–Crippen MR) is 116 cm³/mol. The molecule has 0 atom stereocenters. The van der Waals surface area contributed by atoms with Gasteiger partial charge in [-0.15, -0.1) is 0 Å². The summed E-state index contributed by atoms with van der Waals surface area (Å²) in [6, 6.07) is 12.9. The maximum Gasteiger partial charge on any atom is 0.261 e. The summed E-state index contributed by atoms with van der Waals surface area (Å²) in [6.07, 6.45) is 0. The van der Waals surface area contributed by atoms with E-state index in [1.807, 2.05) is 5.38 Å². The van der Waals surface area contributed by atoms with Crippen LogP contribution < -0.4 is 10.0 Å². The molecular weight excluding hydrogens is 431 g/mol. The Morgan fingerprint density at radius 3 is 2.55 bits per heavy atom. The van der Waals surface area contributed by atoms with Crippen LogP contribution in [0.15, 0.2) is 70.3 Å². The second-order valence-electron chi connectivity index (χ2n) is 6.05. The van der Waals surface area contributed by atoms with E-state index < -0.39 is 15.8 Å². The Morgan fingerprint density at radius 1 is 1.07 bits per heavy atom. The van der Waals surface area contributed by atoms with Crippen LogP contribution in [0.3, 0.4) is 0 Å². The van der Waals surface area contributed by atoms with E-state index in [0.29, 0.717) is 6.54 Å². The molecule has 3 aromatic rings. The molecule has 29 heavy (non-hydrogen) atoms. The first-order valence-corrected chi connectivity index (χ1v) is 12.3. The van der Waals surface area contributed by atoms with E-state index in [0.717, 1.165) is 23.6 Å². The number of carbonyl (C=O) groups excluding carboxylic acids is 1. The molecule has 0 aliphatic heterocycles. The minimum Gasteiger partial charge on any atom is -0.351 e. The fourth-order valence-electron chi connectivity index (χ4n) is 2.48. The van der Waals surface area contributed by atoms with Crippen LogP contribution in [-0.4, -0.2) is 26.6 Å². The van der Waals surface area contributed by atoms with Crippen molar-refractivity contribution in [2.45, 2.75) is 10.6 Å². The number of amides is 1. The molecule has 1 aromatic heterocycles. The van der Waals surface area contributed by atoms with Crippen LogP contribution in [0.2, 0.25) is 0 Å². The normalized spacial score (nSPS) is 11.2. The van der Waals surface area contributed by atoms with Gasteiger partial charge in [0, 0.05) is 18.1 Å². The van der Waals surface area contributed by atoms with Gasteiger partial charge in [0.15, 0.2) is 0 Å². The molecule has 5 nitrogen and oxygen atoms in total. The number of hydrogen-bond donors (Lipinski definition) is 2. The van der Waals surface area contributed by atoms with E-state index in [-0.39, 0.29) is 22.1 Å². The van der Waals surface area contributed by atoms with Crippen molar-refractivity contribution >= 4 is 44.7 Å². The number of benzene rings is 2. The Morgan fingerprint density at radius 2 is 1.83 bits per heavy atom. The van der Waals surface area contributed by atoms with Crippen LogP contribution in [-0.2, 0) is 15.8 Å². The zero-order valence-corrected chi connectivity index (χ0v) is 17.7. The van der Waals surface area contributed by atoms with Crippen LogP contribution in [0.25, 0.3) is 0 Å². The molecule has 0 unspecified atom stereocenters. The maximum absolute atomic E-state index is 13.1. The number of halogens is 1. The van der Waals surface area contributed by atoms with E-state index >= 15 is 0 Å². The quantitative estimate of drug-likeness (QED) is 0.475. The summed E-state index contributed by atoms with van der Waals surface area (Å²) in [5.41, 5.74) is 1.65. The molecule has 0 aliphatic carbocycles. The highest BCUT2D eigenvalue weighted by Crippen LogP contribution is 2.20. The lowest BCUT2D eigenvalue weighted by molar-refractivity contribution is 0.0957. The predicted octanol–water partition coefficient (Wildman–Crippen LogP) is 4.35. The first-order valence-electron chi connectivity index (χ1n) is 8.70. The van der Waals surface area contributed by atoms with E-state index in [9.17, 15) is 17.6 Å². The molecule has 0 saturated carbocycles. The Labute approximate surface area is 177 Å². The Kier molecular flexibility index (Phi) is 7.29. The molecule has 0 radical (unpaired) electrons. The fraction of sp³-hybridized carbons (Fsp3) is 0.150. The van der Waals surface area contributed by atoms with E-state index in [1.54, 1.807) is 41.3 Å². The van der Waals surface area contributed by atoms with Gasteiger partial charge in [-0.25, -0.2) is 12.8 Å². The van der Waals surface area contributed by atoms with Crippen molar-refractivity contribution in [2.24, 2.45) is 0 Å². The molecule has 0 bridgehead atoms. The fourth-order valence-corrected chi connectivity index (χ4v) is 5.14. The van der Waals surface area contributed by atoms with Crippen molar-refractivity contribution in [2.75, 3.05) is 17.0 Å². The van der Waals surface area contributed by atoms with Crippen LogP contribution in [0.4, 0.5) is 10.1 Å². The number of carbonyl (C=O) groups is 1. The van der Waals surface area contributed by atoms with Crippen molar-refractivity contribution in [3.8, 4) is 0 Å². The minimum atomic E-state index is -3.94. The van der Waals surface area contributed by atoms with Gasteiger partial charge in [0.1, 0.15) is 5.82 Å². The summed E-state index contributed by atoms with van der Waals surface area (Å²) < 4.78 is 40.5. The number of hydrogen-bond acceptors (Lipinski definition) is 5. The maximum atomic E-state index is 13.1. The summed E-state index contributed by atoms with van der Waals surface area (Å²) in [5, 5.41) is 6.93. The third-order valence-corrected chi connectivity index (χ3v) is 7.06. The number of para-hydroxylation sites is 1. The number of thiophene rings is 1. The average Bonchev–Trinajstić information content (AvgIpc) is 3.21. The molecule has 1 heterocycles. The second kappa shape index (κ2) is 9.91. The van der Waals surface area contributed by atoms with Gasteiger partial charge in [-0.2, -0.15) is 23.1 Å². The Balaban J connectivity index is 1.60. The van der Waals surface area contributed by atoms with Crippen molar-refractivity contribution in [1.29, 1.82) is 0 Å². The highest BCUT2D eigenvalue weighted by molar-refractivity contribution is 7.98. The van der Waals surface area contributed by atoms with Crippen LogP contribution in [0, 0.1) is 5.82 Å². The Hall–Kier alpha value is -2.36. The molecule has 152 valence electrons. The third-order valence-electron chi connectivity index (χ3n) is 3.92. The molecule has 2 aromatic carbocycles. The van der Waals surface area contributed by atoms with Gasteiger partial charge in [-0.1, -0.05) is 12.1 Å². The zero-order chi connectivity index (χ0) is 20.7. The van der Waals surface area contributed by atoms with Gasteiger partial charge in [0.05, 0.1) is 16.1 Å². The summed E-state index contributed by atoms with van der Waals surface area (Å²) in [6.45, 7) is 0.465. The second-order valence-corrected chi connectivity index (χ2v) is 9.61. The largest absolute Gasteiger partial charge is 0.351 e. The van der Waals surface area contributed by atoms with Crippen LogP contribution in [0.5, 0.6) is 0 Å². The number of sulfonamides is 1. The van der Waals surface area contributed by atoms with Crippen molar-refractivity contribution in [3.05, 3.63) is 82.3 Å². The van der Waals surface area contributed by atoms with Crippen molar-refractivity contribution in [1.82, 2.24) is 5.32 Å². The first-order chi connectivity index (χ1) is 14.0. The van der Waals surface area contributed by atoms with Crippen molar-refractivity contribution in [3.63, 3.8) is 0 Å². The monoisotopic (exact) mass is 450 g/mol. The molecule has 3 rings (SSSR count). The SMILES string of the molecule is O=C(NCCSCc1ccsc1)c1ccccc1NS(=O)(=O)c1ccc(F)cc1. The minimum absolute atomic E-state index is 0.0843. The summed E-state index contributed by atoms with van der Waals surface area (Å²) in [5.74, 6) is 0.734. The standard InChI is InChI=1S/C20H19FN2O3S3/c21-16-5-7-17(8-6-16)29(25,26)23-19-4-2-1-3-18(19)20(24)22-10-12-28-14-15-9-11-27-13-15/h1-9,11,13,23H,10,12,14H2,(H,22,24). The summed E-state index contributed by atoms with van der Waals surface area (Å²) in [4.78, 5) is 12.4. The number of nitrogens with one attached hydrogen (secondary N) is 2. The number of thioether (sulfide) groups is 1. The van der Waals surface area contributed by atoms with Gasteiger partial charge in [-0.3, -0.25) is 9.52 Å². The summed E-state index contributed by atoms with van der Waals surface area (Å²) >= 11 is 3.36.